The van der Waals surface area contributed by atoms with Crippen molar-refractivity contribution in [2.45, 2.75) is 39.0 Å². The molecule has 0 radical (unpaired) electrons. The third-order valence-electron chi connectivity index (χ3n) is 4.12. The molecule has 0 amide bonds. The number of nitrogens with zero attached hydrogens (tertiary/aromatic N) is 3. The first kappa shape index (κ1) is 13.8. The number of aliphatic carboxylic acids is 1. The molecule has 0 aromatic carbocycles. The molecular formula is C13H21N3O3. The number of hydrogen-bond acceptors (Lipinski definition) is 5. The Balaban J connectivity index is 2.19. The molecule has 19 heavy (non-hydrogen) atoms. The van der Waals surface area contributed by atoms with Gasteiger partial charge < -0.3 is 14.5 Å². The van der Waals surface area contributed by atoms with E-state index in [4.69, 9.17) is 4.52 Å². The summed E-state index contributed by atoms with van der Waals surface area (Å²) in [6, 6.07) is 0. The Hall–Kier alpha value is -1.59. The standard InChI is InChI=1S/C13H21N3O3/c1-4-8-6-9(10(7-8)12(17)18)11-14-13(15-19-11)16(3)5-2/h8-10H,4-7H2,1-3H3,(H,17,18). The highest BCUT2D eigenvalue weighted by atomic mass is 16.5. The predicted molar refractivity (Wildman–Crippen MR) is 70.1 cm³/mol. The summed E-state index contributed by atoms with van der Waals surface area (Å²) in [6.45, 7) is 4.87. The van der Waals surface area contributed by atoms with Gasteiger partial charge in [0.25, 0.3) is 5.95 Å². The lowest BCUT2D eigenvalue weighted by Crippen LogP contribution is -2.18. The van der Waals surface area contributed by atoms with E-state index < -0.39 is 11.9 Å². The first-order valence-corrected chi connectivity index (χ1v) is 6.84. The third kappa shape index (κ3) is 2.72. The van der Waals surface area contributed by atoms with Crippen molar-refractivity contribution in [3.8, 4) is 0 Å². The Kier molecular flexibility index (Phi) is 4.07. The molecule has 1 aliphatic rings. The molecule has 1 fully saturated rings. The van der Waals surface area contributed by atoms with Crippen molar-refractivity contribution in [1.82, 2.24) is 10.1 Å². The summed E-state index contributed by atoms with van der Waals surface area (Å²) in [7, 11) is 1.88. The second-order valence-electron chi connectivity index (χ2n) is 5.24. The van der Waals surface area contributed by atoms with Crippen molar-refractivity contribution in [3.05, 3.63) is 5.89 Å². The van der Waals surface area contributed by atoms with Crippen LogP contribution in [0.25, 0.3) is 0 Å². The lowest BCUT2D eigenvalue weighted by Gasteiger charge is -2.11. The fraction of sp³-hybridized carbons (Fsp3) is 0.769. The molecular weight excluding hydrogens is 246 g/mol. The van der Waals surface area contributed by atoms with Gasteiger partial charge in [0.2, 0.25) is 5.89 Å². The maximum absolute atomic E-state index is 11.3. The zero-order valence-electron chi connectivity index (χ0n) is 11.7. The second kappa shape index (κ2) is 5.59. The molecule has 1 aliphatic carbocycles. The van der Waals surface area contributed by atoms with Gasteiger partial charge in [0, 0.05) is 13.6 Å². The van der Waals surface area contributed by atoms with Gasteiger partial charge in [-0.15, -0.1) is 0 Å². The molecule has 6 heteroatoms. The van der Waals surface area contributed by atoms with E-state index in [-0.39, 0.29) is 5.92 Å². The van der Waals surface area contributed by atoms with E-state index in [1.54, 1.807) is 0 Å². The first-order valence-electron chi connectivity index (χ1n) is 6.84. The van der Waals surface area contributed by atoms with Crippen molar-refractivity contribution in [3.63, 3.8) is 0 Å². The maximum atomic E-state index is 11.3. The average Bonchev–Trinajstić information content (AvgIpc) is 3.03. The smallest absolute Gasteiger partial charge is 0.307 e. The van der Waals surface area contributed by atoms with Gasteiger partial charge in [-0.05, 0) is 30.8 Å². The topological polar surface area (TPSA) is 79.5 Å². The van der Waals surface area contributed by atoms with Gasteiger partial charge in [-0.3, -0.25) is 4.79 Å². The molecule has 6 nitrogen and oxygen atoms in total. The lowest BCUT2D eigenvalue weighted by atomic mass is 9.96. The van der Waals surface area contributed by atoms with Crippen LogP contribution in [0.15, 0.2) is 4.52 Å². The molecule has 0 saturated heterocycles. The minimum absolute atomic E-state index is 0.144. The van der Waals surface area contributed by atoms with Gasteiger partial charge >= 0.3 is 5.97 Å². The number of hydrogen-bond donors (Lipinski definition) is 1. The van der Waals surface area contributed by atoms with E-state index in [1.165, 1.54) is 0 Å². The van der Waals surface area contributed by atoms with Gasteiger partial charge in [-0.1, -0.05) is 13.3 Å². The molecule has 3 atom stereocenters. The van der Waals surface area contributed by atoms with Crippen molar-refractivity contribution >= 4 is 11.9 Å². The minimum atomic E-state index is -0.760. The number of carboxylic acids is 1. The van der Waals surface area contributed by atoms with E-state index in [2.05, 4.69) is 17.1 Å². The zero-order valence-corrected chi connectivity index (χ0v) is 11.7. The molecule has 106 valence electrons. The Morgan fingerprint density at radius 1 is 1.47 bits per heavy atom. The van der Waals surface area contributed by atoms with Crippen molar-refractivity contribution < 1.29 is 14.4 Å². The minimum Gasteiger partial charge on any atom is -0.481 e. The summed E-state index contributed by atoms with van der Waals surface area (Å²) < 4.78 is 5.28. The molecule has 1 heterocycles. The Morgan fingerprint density at radius 3 is 2.79 bits per heavy atom. The summed E-state index contributed by atoms with van der Waals surface area (Å²) in [5.74, 6) is 0.134. The van der Waals surface area contributed by atoms with Crippen LogP contribution in [0.4, 0.5) is 5.95 Å². The summed E-state index contributed by atoms with van der Waals surface area (Å²) in [5, 5.41) is 13.2. The van der Waals surface area contributed by atoms with Crippen LogP contribution in [-0.4, -0.2) is 34.8 Å². The number of carbonyl (C=O) groups is 1. The zero-order chi connectivity index (χ0) is 14.0. The largest absolute Gasteiger partial charge is 0.481 e. The highest BCUT2D eigenvalue weighted by Gasteiger charge is 2.42. The monoisotopic (exact) mass is 267 g/mol. The highest BCUT2D eigenvalue weighted by molar-refractivity contribution is 5.71. The molecule has 1 saturated carbocycles. The summed E-state index contributed by atoms with van der Waals surface area (Å²) >= 11 is 0. The molecule has 0 spiro atoms. The van der Waals surface area contributed by atoms with E-state index in [0.717, 1.165) is 19.4 Å². The van der Waals surface area contributed by atoms with Gasteiger partial charge in [0.1, 0.15) is 0 Å². The normalized spacial score (nSPS) is 26.6. The number of rotatable bonds is 5. The van der Waals surface area contributed by atoms with E-state index in [9.17, 15) is 9.90 Å². The Morgan fingerprint density at radius 2 is 2.21 bits per heavy atom. The predicted octanol–water partition coefficient (Wildman–Crippen LogP) is 2.13. The molecule has 1 N–H and O–H groups in total. The van der Waals surface area contributed by atoms with Crippen LogP contribution >= 0.6 is 0 Å². The molecule has 3 unspecified atom stereocenters. The van der Waals surface area contributed by atoms with Crippen LogP contribution in [0.1, 0.15) is 44.9 Å². The van der Waals surface area contributed by atoms with Crippen LogP contribution in [0.5, 0.6) is 0 Å². The summed E-state index contributed by atoms with van der Waals surface area (Å²) in [4.78, 5) is 17.6. The fourth-order valence-electron chi connectivity index (χ4n) is 2.70. The summed E-state index contributed by atoms with van der Waals surface area (Å²) in [6.07, 6.45) is 2.53. The van der Waals surface area contributed by atoms with E-state index in [1.807, 2.05) is 18.9 Å². The van der Waals surface area contributed by atoms with Crippen LogP contribution in [0.2, 0.25) is 0 Å². The average molecular weight is 267 g/mol. The Bertz CT molecular complexity index is 446. The van der Waals surface area contributed by atoms with Crippen LogP contribution in [0, 0.1) is 11.8 Å². The molecule has 1 aromatic heterocycles. The maximum Gasteiger partial charge on any atom is 0.307 e. The second-order valence-corrected chi connectivity index (χ2v) is 5.24. The van der Waals surface area contributed by atoms with Gasteiger partial charge in [-0.25, -0.2) is 0 Å². The van der Waals surface area contributed by atoms with Crippen LogP contribution in [-0.2, 0) is 4.79 Å². The van der Waals surface area contributed by atoms with Gasteiger partial charge in [-0.2, -0.15) is 4.98 Å². The highest BCUT2D eigenvalue weighted by Crippen LogP contribution is 2.44. The van der Waals surface area contributed by atoms with Crippen molar-refractivity contribution in [2.75, 3.05) is 18.5 Å². The Labute approximate surface area is 112 Å². The van der Waals surface area contributed by atoms with Crippen molar-refractivity contribution in [2.24, 2.45) is 11.8 Å². The summed E-state index contributed by atoms with van der Waals surface area (Å²) in [5.41, 5.74) is 0. The van der Waals surface area contributed by atoms with E-state index >= 15 is 0 Å². The number of carboxylic acid groups (broad SMARTS) is 1. The van der Waals surface area contributed by atoms with Crippen LogP contribution < -0.4 is 4.90 Å². The lowest BCUT2D eigenvalue weighted by molar-refractivity contribution is -0.142. The first-order chi connectivity index (χ1) is 9.06. The SMILES string of the molecule is CCC1CC(C(=O)O)C(c2nc(N(C)CC)no2)C1. The fourth-order valence-corrected chi connectivity index (χ4v) is 2.70. The van der Waals surface area contributed by atoms with Crippen LogP contribution in [0.3, 0.4) is 0 Å². The molecule has 0 aliphatic heterocycles. The number of aromatic nitrogens is 2. The van der Waals surface area contributed by atoms with Crippen molar-refractivity contribution in [1.29, 1.82) is 0 Å². The number of anilines is 1. The van der Waals surface area contributed by atoms with Gasteiger partial charge in [0.15, 0.2) is 0 Å². The van der Waals surface area contributed by atoms with E-state index in [0.29, 0.717) is 24.2 Å². The molecule has 0 bridgehead atoms. The molecule has 1 aromatic rings. The third-order valence-corrected chi connectivity index (χ3v) is 4.12. The molecule has 2 rings (SSSR count). The quantitative estimate of drug-likeness (QED) is 0.880. The van der Waals surface area contributed by atoms with Gasteiger partial charge in [0.05, 0.1) is 11.8 Å².